The van der Waals surface area contributed by atoms with Crippen molar-refractivity contribution in [3.8, 4) is 11.5 Å². The van der Waals surface area contributed by atoms with Crippen LogP contribution in [-0.2, 0) is 0 Å². The standard InChI is InChI=1S/C19H27N3O2/c1-3-13(4-2)19-21-15-11-17-18(24-10-9-23-17)12-16(15)22(19)14-5-7-20-8-6-14/h11-14,20H,3-10H2,1-2H3. The van der Waals surface area contributed by atoms with Crippen molar-refractivity contribution in [2.24, 2.45) is 0 Å². The zero-order chi connectivity index (χ0) is 16.5. The van der Waals surface area contributed by atoms with Crippen molar-refractivity contribution in [3.63, 3.8) is 0 Å². The van der Waals surface area contributed by atoms with E-state index in [9.17, 15) is 0 Å². The molecular formula is C19H27N3O2. The van der Waals surface area contributed by atoms with Gasteiger partial charge in [0.05, 0.1) is 11.0 Å². The highest BCUT2D eigenvalue weighted by Gasteiger charge is 2.26. The van der Waals surface area contributed by atoms with Crippen molar-refractivity contribution in [1.82, 2.24) is 14.9 Å². The van der Waals surface area contributed by atoms with Gasteiger partial charge in [-0.25, -0.2) is 4.98 Å². The molecule has 0 bridgehead atoms. The van der Waals surface area contributed by atoms with Gasteiger partial charge in [0.1, 0.15) is 19.0 Å². The number of imidazole rings is 1. The van der Waals surface area contributed by atoms with Crippen LogP contribution >= 0.6 is 0 Å². The van der Waals surface area contributed by atoms with E-state index in [1.807, 2.05) is 0 Å². The Bertz CT molecular complexity index is 715. The molecule has 2 aliphatic rings. The highest BCUT2D eigenvalue weighted by molar-refractivity contribution is 5.81. The zero-order valence-corrected chi connectivity index (χ0v) is 14.7. The molecule has 4 rings (SSSR count). The Labute approximate surface area is 143 Å². The van der Waals surface area contributed by atoms with Crippen LogP contribution in [0.1, 0.15) is 57.3 Å². The molecule has 0 aliphatic carbocycles. The third-order valence-corrected chi connectivity index (χ3v) is 5.41. The second kappa shape index (κ2) is 6.63. The van der Waals surface area contributed by atoms with E-state index in [0.29, 0.717) is 25.2 Å². The molecule has 0 unspecified atom stereocenters. The topological polar surface area (TPSA) is 48.3 Å². The summed E-state index contributed by atoms with van der Waals surface area (Å²) in [6.07, 6.45) is 4.56. The van der Waals surface area contributed by atoms with Gasteiger partial charge >= 0.3 is 0 Å². The highest BCUT2D eigenvalue weighted by atomic mass is 16.6. The molecule has 0 atom stereocenters. The van der Waals surface area contributed by atoms with Crippen LogP contribution in [0.5, 0.6) is 11.5 Å². The Kier molecular flexibility index (Phi) is 4.35. The Balaban J connectivity index is 1.88. The number of hydrogen-bond donors (Lipinski definition) is 1. The number of benzene rings is 1. The Morgan fingerprint density at radius 1 is 1.12 bits per heavy atom. The maximum atomic E-state index is 5.82. The van der Waals surface area contributed by atoms with E-state index < -0.39 is 0 Å². The van der Waals surface area contributed by atoms with E-state index in [-0.39, 0.29) is 0 Å². The molecule has 130 valence electrons. The first-order chi connectivity index (χ1) is 11.8. The zero-order valence-electron chi connectivity index (χ0n) is 14.7. The second-order valence-electron chi connectivity index (χ2n) is 6.82. The maximum absolute atomic E-state index is 5.82. The molecule has 0 spiro atoms. The molecule has 0 amide bonds. The predicted molar refractivity (Wildman–Crippen MR) is 95.2 cm³/mol. The number of ether oxygens (including phenoxy) is 2. The average molecular weight is 329 g/mol. The number of nitrogens with zero attached hydrogens (tertiary/aromatic N) is 2. The fourth-order valence-corrected chi connectivity index (χ4v) is 4.04. The van der Waals surface area contributed by atoms with Gasteiger partial charge in [0.2, 0.25) is 0 Å². The number of fused-ring (bicyclic) bond motifs is 2. The minimum atomic E-state index is 0.506. The molecule has 5 nitrogen and oxygen atoms in total. The average Bonchev–Trinajstić information content (AvgIpc) is 2.99. The van der Waals surface area contributed by atoms with Gasteiger partial charge in [-0.15, -0.1) is 0 Å². The van der Waals surface area contributed by atoms with Crippen LogP contribution in [0.3, 0.4) is 0 Å². The summed E-state index contributed by atoms with van der Waals surface area (Å²) in [6, 6.07) is 4.73. The van der Waals surface area contributed by atoms with Crippen molar-refractivity contribution < 1.29 is 9.47 Å². The van der Waals surface area contributed by atoms with Gasteiger partial charge in [0, 0.05) is 24.1 Å². The van der Waals surface area contributed by atoms with Gasteiger partial charge in [0.15, 0.2) is 11.5 Å². The fourth-order valence-electron chi connectivity index (χ4n) is 4.04. The van der Waals surface area contributed by atoms with Crippen molar-refractivity contribution in [1.29, 1.82) is 0 Å². The van der Waals surface area contributed by atoms with E-state index in [2.05, 4.69) is 35.9 Å². The van der Waals surface area contributed by atoms with E-state index >= 15 is 0 Å². The number of piperidine rings is 1. The predicted octanol–water partition coefficient (Wildman–Crippen LogP) is 3.64. The van der Waals surface area contributed by atoms with Crippen molar-refractivity contribution in [2.75, 3.05) is 26.3 Å². The van der Waals surface area contributed by atoms with Crippen LogP contribution in [0.25, 0.3) is 11.0 Å². The van der Waals surface area contributed by atoms with Gasteiger partial charge in [0.25, 0.3) is 0 Å². The summed E-state index contributed by atoms with van der Waals surface area (Å²) in [7, 11) is 0. The molecule has 3 heterocycles. The molecular weight excluding hydrogens is 302 g/mol. The summed E-state index contributed by atoms with van der Waals surface area (Å²) in [4.78, 5) is 5.04. The molecule has 24 heavy (non-hydrogen) atoms. The van der Waals surface area contributed by atoms with Crippen LogP contribution in [0, 0.1) is 0 Å². The minimum absolute atomic E-state index is 0.506. The molecule has 1 aromatic heterocycles. The summed E-state index contributed by atoms with van der Waals surface area (Å²) in [5, 5.41) is 3.47. The first-order valence-electron chi connectivity index (χ1n) is 9.34. The van der Waals surface area contributed by atoms with E-state index in [1.165, 1.54) is 11.3 Å². The van der Waals surface area contributed by atoms with Crippen molar-refractivity contribution >= 4 is 11.0 Å². The first kappa shape index (κ1) is 15.8. The first-order valence-corrected chi connectivity index (χ1v) is 9.34. The minimum Gasteiger partial charge on any atom is -0.486 e. The summed E-state index contributed by atoms with van der Waals surface area (Å²) < 4.78 is 14.1. The van der Waals surface area contributed by atoms with Crippen LogP contribution in [0.2, 0.25) is 0 Å². The Morgan fingerprint density at radius 2 is 1.79 bits per heavy atom. The second-order valence-corrected chi connectivity index (χ2v) is 6.82. The Morgan fingerprint density at radius 3 is 2.46 bits per heavy atom. The molecule has 2 aliphatic heterocycles. The summed E-state index contributed by atoms with van der Waals surface area (Å²) >= 11 is 0. The van der Waals surface area contributed by atoms with E-state index in [4.69, 9.17) is 14.5 Å². The quantitative estimate of drug-likeness (QED) is 0.930. The molecule has 1 saturated heterocycles. The third kappa shape index (κ3) is 2.65. The summed E-state index contributed by atoms with van der Waals surface area (Å²) in [5.41, 5.74) is 2.24. The van der Waals surface area contributed by atoms with Crippen molar-refractivity contribution in [2.45, 2.75) is 51.5 Å². The third-order valence-electron chi connectivity index (χ3n) is 5.41. The lowest BCUT2D eigenvalue weighted by atomic mass is 10.0. The largest absolute Gasteiger partial charge is 0.486 e. The fraction of sp³-hybridized carbons (Fsp3) is 0.632. The molecule has 5 heteroatoms. The molecule has 1 N–H and O–H groups in total. The maximum Gasteiger partial charge on any atom is 0.163 e. The smallest absolute Gasteiger partial charge is 0.163 e. The van der Waals surface area contributed by atoms with Crippen molar-refractivity contribution in [3.05, 3.63) is 18.0 Å². The summed E-state index contributed by atoms with van der Waals surface area (Å²) in [5.74, 6) is 3.44. The molecule has 0 saturated carbocycles. The van der Waals surface area contributed by atoms with E-state index in [0.717, 1.165) is 55.8 Å². The summed E-state index contributed by atoms with van der Waals surface area (Å²) in [6.45, 7) is 7.93. The normalized spacial score (nSPS) is 18.5. The molecule has 1 fully saturated rings. The SMILES string of the molecule is CCC(CC)c1nc2cc3c(cc2n1C1CCNCC1)OCCO3. The van der Waals surface area contributed by atoms with Gasteiger partial charge in [-0.1, -0.05) is 13.8 Å². The number of nitrogens with one attached hydrogen (secondary N) is 1. The van der Waals surface area contributed by atoms with Gasteiger partial charge in [-0.05, 0) is 38.8 Å². The van der Waals surface area contributed by atoms with Crippen LogP contribution in [-0.4, -0.2) is 35.9 Å². The molecule has 2 aromatic rings. The number of rotatable bonds is 4. The lowest BCUT2D eigenvalue weighted by Gasteiger charge is -2.28. The lowest BCUT2D eigenvalue weighted by Crippen LogP contribution is -2.30. The van der Waals surface area contributed by atoms with Crippen LogP contribution < -0.4 is 14.8 Å². The Hall–Kier alpha value is -1.75. The van der Waals surface area contributed by atoms with Gasteiger partial charge in [-0.3, -0.25) is 0 Å². The lowest BCUT2D eigenvalue weighted by molar-refractivity contribution is 0.172. The highest BCUT2D eigenvalue weighted by Crippen LogP contribution is 2.39. The van der Waals surface area contributed by atoms with E-state index in [1.54, 1.807) is 0 Å². The molecule has 0 radical (unpaired) electrons. The van der Waals surface area contributed by atoms with Crippen LogP contribution in [0.15, 0.2) is 12.1 Å². The monoisotopic (exact) mass is 329 g/mol. The van der Waals surface area contributed by atoms with Crippen LogP contribution in [0.4, 0.5) is 0 Å². The number of aromatic nitrogens is 2. The van der Waals surface area contributed by atoms with Gasteiger partial charge in [-0.2, -0.15) is 0 Å². The molecule has 1 aromatic carbocycles. The van der Waals surface area contributed by atoms with Gasteiger partial charge < -0.3 is 19.4 Å². The number of hydrogen-bond acceptors (Lipinski definition) is 4.